The van der Waals surface area contributed by atoms with Gasteiger partial charge in [-0.25, -0.2) is 9.78 Å². The summed E-state index contributed by atoms with van der Waals surface area (Å²) in [6.07, 6.45) is 3.58. The fourth-order valence-corrected chi connectivity index (χ4v) is 2.94. The lowest BCUT2D eigenvalue weighted by Gasteiger charge is -2.22. The summed E-state index contributed by atoms with van der Waals surface area (Å²) in [6, 6.07) is 16.7. The molecule has 6 heteroatoms. The van der Waals surface area contributed by atoms with Gasteiger partial charge in [-0.15, -0.1) is 0 Å². The lowest BCUT2D eigenvalue weighted by atomic mass is 10.1. The minimum Gasteiger partial charge on any atom is -0.497 e. The smallest absolute Gasteiger partial charge is 0.316 e. The molecule has 0 fully saturated rings. The predicted molar refractivity (Wildman–Crippen MR) is 105 cm³/mol. The van der Waals surface area contributed by atoms with Gasteiger partial charge < -0.3 is 19.9 Å². The molecule has 140 valence electrons. The van der Waals surface area contributed by atoms with E-state index in [4.69, 9.17) is 4.74 Å². The van der Waals surface area contributed by atoms with Crippen LogP contribution in [0.4, 0.5) is 4.79 Å². The van der Waals surface area contributed by atoms with Crippen LogP contribution in [0.1, 0.15) is 36.0 Å². The largest absolute Gasteiger partial charge is 0.497 e. The topological polar surface area (TPSA) is 68.2 Å². The van der Waals surface area contributed by atoms with Crippen molar-refractivity contribution >= 4 is 6.03 Å². The van der Waals surface area contributed by atoms with Gasteiger partial charge in [0.2, 0.25) is 0 Å². The minimum absolute atomic E-state index is 0.107. The number of hydrogen-bond donors (Lipinski definition) is 2. The SMILES string of the molecule is COc1ccc(C(NC(=O)NC(C)c2ccccc2)c2nccn2C)cc1. The molecule has 3 aromatic rings. The summed E-state index contributed by atoms with van der Waals surface area (Å²) in [6.45, 7) is 1.96. The molecule has 2 aromatic carbocycles. The monoisotopic (exact) mass is 364 g/mol. The highest BCUT2D eigenvalue weighted by Gasteiger charge is 2.21. The van der Waals surface area contributed by atoms with Gasteiger partial charge in [-0.2, -0.15) is 0 Å². The van der Waals surface area contributed by atoms with Gasteiger partial charge >= 0.3 is 6.03 Å². The lowest BCUT2D eigenvalue weighted by Crippen LogP contribution is -2.40. The highest BCUT2D eigenvalue weighted by molar-refractivity contribution is 5.75. The molecule has 0 saturated carbocycles. The average Bonchev–Trinajstić information content (AvgIpc) is 3.12. The highest BCUT2D eigenvalue weighted by Crippen LogP contribution is 2.23. The zero-order valence-corrected chi connectivity index (χ0v) is 15.7. The van der Waals surface area contributed by atoms with Crippen molar-refractivity contribution in [1.29, 1.82) is 0 Å². The van der Waals surface area contributed by atoms with E-state index in [1.807, 2.05) is 79.3 Å². The molecule has 2 atom stereocenters. The molecule has 0 aliphatic heterocycles. The maximum atomic E-state index is 12.7. The van der Waals surface area contributed by atoms with E-state index in [9.17, 15) is 4.79 Å². The second-order valence-electron chi connectivity index (χ2n) is 6.35. The molecule has 0 aliphatic rings. The first-order valence-corrected chi connectivity index (χ1v) is 8.81. The zero-order chi connectivity index (χ0) is 19.2. The zero-order valence-electron chi connectivity index (χ0n) is 15.7. The molecule has 1 heterocycles. The minimum atomic E-state index is -0.376. The number of amides is 2. The number of urea groups is 1. The van der Waals surface area contributed by atoms with Crippen LogP contribution in [-0.2, 0) is 7.05 Å². The van der Waals surface area contributed by atoms with Crippen molar-refractivity contribution in [2.45, 2.75) is 19.0 Å². The van der Waals surface area contributed by atoms with Crippen LogP contribution in [-0.4, -0.2) is 22.7 Å². The first-order chi connectivity index (χ1) is 13.1. The van der Waals surface area contributed by atoms with Crippen LogP contribution in [0.5, 0.6) is 5.75 Å². The van der Waals surface area contributed by atoms with E-state index < -0.39 is 0 Å². The number of nitrogens with zero attached hydrogens (tertiary/aromatic N) is 2. The summed E-state index contributed by atoms with van der Waals surface area (Å²) in [5.41, 5.74) is 1.97. The molecule has 2 unspecified atom stereocenters. The Labute approximate surface area is 159 Å². The molecular weight excluding hydrogens is 340 g/mol. The van der Waals surface area contributed by atoms with E-state index in [2.05, 4.69) is 15.6 Å². The van der Waals surface area contributed by atoms with E-state index in [-0.39, 0.29) is 18.1 Å². The number of nitrogens with one attached hydrogen (secondary N) is 2. The third-order valence-electron chi connectivity index (χ3n) is 4.49. The van der Waals surface area contributed by atoms with Crippen LogP contribution in [0, 0.1) is 0 Å². The number of rotatable bonds is 6. The quantitative estimate of drug-likeness (QED) is 0.702. The molecule has 27 heavy (non-hydrogen) atoms. The number of aromatic nitrogens is 2. The predicted octanol–water partition coefficient (Wildman–Crippen LogP) is 3.58. The molecule has 0 radical (unpaired) electrons. The van der Waals surface area contributed by atoms with Crippen LogP contribution in [0.2, 0.25) is 0 Å². The Hall–Kier alpha value is -3.28. The molecule has 1 aromatic heterocycles. The van der Waals surface area contributed by atoms with Gasteiger partial charge in [-0.3, -0.25) is 0 Å². The van der Waals surface area contributed by atoms with Gasteiger partial charge in [0, 0.05) is 19.4 Å². The molecular formula is C21H24N4O2. The number of hydrogen-bond acceptors (Lipinski definition) is 3. The highest BCUT2D eigenvalue weighted by atomic mass is 16.5. The fourth-order valence-electron chi connectivity index (χ4n) is 2.94. The van der Waals surface area contributed by atoms with E-state index in [0.717, 1.165) is 22.7 Å². The summed E-state index contributed by atoms with van der Waals surface area (Å²) >= 11 is 0. The van der Waals surface area contributed by atoms with Crippen molar-refractivity contribution in [3.63, 3.8) is 0 Å². The van der Waals surface area contributed by atoms with Crippen molar-refractivity contribution in [3.05, 3.63) is 83.9 Å². The summed E-state index contributed by atoms with van der Waals surface area (Å²) in [4.78, 5) is 17.1. The summed E-state index contributed by atoms with van der Waals surface area (Å²) in [7, 11) is 3.53. The van der Waals surface area contributed by atoms with Crippen LogP contribution in [0.15, 0.2) is 67.0 Å². The Morgan fingerprint density at radius 1 is 1.04 bits per heavy atom. The fraction of sp³-hybridized carbons (Fsp3) is 0.238. The van der Waals surface area contributed by atoms with Gasteiger partial charge in [0.15, 0.2) is 0 Å². The number of methoxy groups -OCH3 is 1. The van der Waals surface area contributed by atoms with Crippen molar-refractivity contribution < 1.29 is 9.53 Å². The van der Waals surface area contributed by atoms with Gasteiger partial charge in [-0.1, -0.05) is 42.5 Å². The second kappa shape index (κ2) is 8.40. The number of carbonyl (C=O) groups is 1. The first kappa shape index (κ1) is 18.5. The molecule has 0 aliphatic carbocycles. The van der Waals surface area contributed by atoms with Crippen LogP contribution in [0.3, 0.4) is 0 Å². The molecule has 0 bridgehead atoms. The molecule has 0 spiro atoms. The van der Waals surface area contributed by atoms with E-state index in [0.29, 0.717) is 0 Å². The molecule has 2 amide bonds. The van der Waals surface area contributed by atoms with E-state index >= 15 is 0 Å². The maximum Gasteiger partial charge on any atom is 0.316 e. The van der Waals surface area contributed by atoms with Gasteiger partial charge in [-0.05, 0) is 30.2 Å². The standard InChI is InChI=1S/C21H24N4O2/c1-15(16-7-5-4-6-8-16)23-21(26)24-19(20-22-13-14-25(20)2)17-9-11-18(27-3)12-10-17/h4-15,19H,1-3H3,(H2,23,24,26). The Balaban J connectivity index is 1.79. The Morgan fingerprint density at radius 3 is 2.33 bits per heavy atom. The summed E-state index contributed by atoms with van der Waals surface area (Å²) in [5.74, 6) is 1.52. The summed E-state index contributed by atoms with van der Waals surface area (Å²) < 4.78 is 7.12. The molecule has 6 nitrogen and oxygen atoms in total. The first-order valence-electron chi connectivity index (χ1n) is 8.81. The molecule has 0 saturated heterocycles. The third-order valence-corrected chi connectivity index (χ3v) is 4.49. The van der Waals surface area contributed by atoms with Crippen molar-refractivity contribution in [3.8, 4) is 5.75 Å². The number of ether oxygens (including phenoxy) is 1. The number of aryl methyl sites for hydroxylation is 1. The second-order valence-corrected chi connectivity index (χ2v) is 6.35. The normalized spacial score (nSPS) is 12.9. The third kappa shape index (κ3) is 4.47. The maximum absolute atomic E-state index is 12.7. The Bertz CT molecular complexity index is 875. The van der Waals surface area contributed by atoms with Crippen molar-refractivity contribution in [2.24, 2.45) is 7.05 Å². The van der Waals surface area contributed by atoms with Crippen LogP contribution >= 0.6 is 0 Å². The average molecular weight is 364 g/mol. The lowest BCUT2D eigenvalue weighted by molar-refractivity contribution is 0.235. The van der Waals surface area contributed by atoms with Gasteiger partial charge in [0.1, 0.15) is 17.6 Å². The van der Waals surface area contributed by atoms with Crippen molar-refractivity contribution in [2.75, 3.05) is 7.11 Å². The van der Waals surface area contributed by atoms with Crippen molar-refractivity contribution in [1.82, 2.24) is 20.2 Å². The number of benzene rings is 2. The van der Waals surface area contributed by atoms with Gasteiger partial charge in [0.05, 0.1) is 13.2 Å². The summed E-state index contributed by atoms with van der Waals surface area (Å²) in [5, 5.41) is 6.03. The Kier molecular flexibility index (Phi) is 5.76. The molecule has 2 N–H and O–H groups in total. The van der Waals surface area contributed by atoms with E-state index in [1.165, 1.54) is 0 Å². The van der Waals surface area contributed by atoms with Crippen LogP contribution < -0.4 is 15.4 Å². The van der Waals surface area contributed by atoms with E-state index in [1.54, 1.807) is 13.3 Å². The number of carbonyl (C=O) groups excluding carboxylic acids is 1. The number of imidazole rings is 1. The van der Waals surface area contributed by atoms with Gasteiger partial charge in [0.25, 0.3) is 0 Å². The molecule has 3 rings (SSSR count). The van der Waals surface area contributed by atoms with Crippen LogP contribution in [0.25, 0.3) is 0 Å². The Morgan fingerprint density at radius 2 is 1.74 bits per heavy atom.